The number of nitrogens with zero attached hydrogens (tertiary/aromatic N) is 2. The maximum atomic E-state index is 13.3. The van der Waals surface area contributed by atoms with E-state index < -0.39 is 10.1 Å². The minimum absolute atomic E-state index is 0.00877. The summed E-state index contributed by atoms with van der Waals surface area (Å²) in [7, 11) is -4.13. The van der Waals surface area contributed by atoms with Crippen LogP contribution in [0.4, 0.5) is 0 Å². The lowest BCUT2D eigenvalue weighted by Gasteiger charge is -2.23. The Bertz CT molecular complexity index is 931. The average molecular weight is 431 g/mol. The Morgan fingerprint density at radius 3 is 2.03 bits per heavy atom. The van der Waals surface area contributed by atoms with Gasteiger partial charge in [-0.1, -0.05) is 79.9 Å². The number of benzene rings is 2. The fraction of sp³-hybridized carbons (Fsp3) is 0.391. The molecule has 2 aromatic rings. The topological polar surface area (TPSA) is 76.0 Å². The number of hydrogen-bond acceptors (Lipinski definition) is 5. The molecule has 2 rings (SSSR count). The molecule has 0 atom stereocenters. The van der Waals surface area contributed by atoms with Gasteiger partial charge in [-0.25, -0.2) is 0 Å². The van der Waals surface area contributed by atoms with Gasteiger partial charge in [-0.15, -0.1) is 0 Å². The average Bonchev–Trinajstić information content (AvgIpc) is 2.75. The molecule has 0 bridgehead atoms. The number of rotatable bonds is 11. The molecule has 0 saturated heterocycles. The molecular weight excluding hydrogens is 400 g/mol. The van der Waals surface area contributed by atoms with Crippen LogP contribution in [0.3, 0.4) is 0 Å². The molecule has 6 nitrogen and oxygen atoms in total. The van der Waals surface area contributed by atoms with E-state index in [0.717, 1.165) is 31.2 Å². The predicted molar refractivity (Wildman–Crippen MR) is 119 cm³/mol. The van der Waals surface area contributed by atoms with Crippen LogP contribution in [-0.4, -0.2) is 38.0 Å². The zero-order chi connectivity index (χ0) is 22.0. The van der Waals surface area contributed by atoms with E-state index in [9.17, 15) is 13.2 Å². The van der Waals surface area contributed by atoms with Gasteiger partial charge < -0.3 is 4.90 Å². The van der Waals surface area contributed by atoms with Crippen LogP contribution in [0, 0.1) is 6.92 Å². The second-order valence-corrected chi connectivity index (χ2v) is 8.68. The molecule has 0 aliphatic rings. The molecular formula is C23H30N2O4S. The molecule has 0 aliphatic carbocycles. The lowest BCUT2D eigenvalue weighted by Crippen LogP contribution is -2.38. The van der Waals surface area contributed by atoms with Gasteiger partial charge in [-0.2, -0.15) is 8.42 Å². The van der Waals surface area contributed by atoms with Crippen LogP contribution < -0.4 is 0 Å². The monoisotopic (exact) mass is 430 g/mol. The summed E-state index contributed by atoms with van der Waals surface area (Å²) in [6.07, 6.45) is 3.62. The third kappa shape index (κ3) is 6.69. The molecule has 0 aliphatic heterocycles. The molecule has 0 unspecified atom stereocenters. The summed E-state index contributed by atoms with van der Waals surface area (Å²) in [4.78, 5) is 15.0. The molecule has 0 saturated carbocycles. The Balaban J connectivity index is 2.36. The molecule has 0 spiro atoms. The number of oxime groups is 1. The summed E-state index contributed by atoms with van der Waals surface area (Å²) < 4.78 is 30.1. The highest BCUT2D eigenvalue weighted by Crippen LogP contribution is 2.15. The van der Waals surface area contributed by atoms with Gasteiger partial charge in [0, 0.05) is 18.7 Å². The van der Waals surface area contributed by atoms with E-state index in [1.807, 2.05) is 13.0 Å². The normalized spacial score (nSPS) is 11.9. The number of amides is 1. The molecule has 1 amide bonds. The fourth-order valence-electron chi connectivity index (χ4n) is 2.81. The van der Waals surface area contributed by atoms with Gasteiger partial charge in [0.15, 0.2) is 5.71 Å². The standard InChI is InChI=1S/C23H30N2O4S/c1-4-6-17-25(18-7-5-2)23(26)22(20-11-9-8-10-12-20)24-29-30(27,28)21-15-13-19(3)14-16-21/h8-16H,4-7,17-18H2,1-3H3. The van der Waals surface area contributed by atoms with Crippen LogP contribution in [0.25, 0.3) is 0 Å². The first-order valence-corrected chi connectivity index (χ1v) is 11.7. The Labute approximate surface area is 179 Å². The molecule has 30 heavy (non-hydrogen) atoms. The second-order valence-electron chi connectivity index (χ2n) is 7.15. The Morgan fingerprint density at radius 2 is 1.50 bits per heavy atom. The fourth-order valence-corrected chi connectivity index (χ4v) is 3.54. The quantitative estimate of drug-likeness (QED) is 0.388. The molecule has 0 aromatic heterocycles. The molecule has 7 heteroatoms. The molecule has 0 heterocycles. The van der Waals surface area contributed by atoms with Crippen LogP contribution in [0.2, 0.25) is 0 Å². The first kappa shape index (κ1) is 23.6. The molecule has 0 fully saturated rings. The zero-order valence-electron chi connectivity index (χ0n) is 17.9. The van der Waals surface area contributed by atoms with E-state index in [1.54, 1.807) is 41.3 Å². The van der Waals surface area contributed by atoms with E-state index in [0.29, 0.717) is 18.7 Å². The van der Waals surface area contributed by atoms with E-state index in [1.165, 1.54) is 12.1 Å². The Morgan fingerprint density at radius 1 is 0.933 bits per heavy atom. The molecule has 162 valence electrons. The van der Waals surface area contributed by atoms with E-state index in [-0.39, 0.29) is 16.5 Å². The lowest BCUT2D eigenvalue weighted by atomic mass is 10.1. The number of aryl methyl sites for hydroxylation is 1. The molecule has 0 radical (unpaired) electrons. The summed E-state index contributed by atoms with van der Waals surface area (Å²) in [6.45, 7) is 7.17. The highest BCUT2D eigenvalue weighted by atomic mass is 32.2. The summed E-state index contributed by atoms with van der Waals surface area (Å²) >= 11 is 0. The van der Waals surface area contributed by atoms with Crippen molar-refractivity contribution in [2.24, 2.45) is 5.16 Å². The highest BCUT2D eigenvalue weighted by molar-refractivity contribution is 7.86. The summed E-state index contributed by atoms with van der Waals surface area (Å²) in [5, 5.41) is 3.84. The first-order chi connectivity index (χ1) is 14.4. The van der Waals surface area contributed by atoms with E-state index in [4.69, 9.17) is 4.28 Å². The van der Waals surface area contributed by atoms with Crippen molar-refractivity contribution in [1.29, 1.82) is 0 Å². The molecule has 0 N–H and O–H groups in total. The van der Waals surface area contributed by atoms with Crippen LogP contribution in [-0.2, 0) is 19.2 Å². The summed E-state index contributed by atoms with van der Waals surface area (Å²) in [5.41, 5.74) is 1.43. The van der Waals surface area contributed by atoms with Gasteiger partial charge in [0.2, 0.25) is 0 Å². The number of carbonyl (C=O) groups is 1. The maximum absolute atomic E-state index is 13.3. The van der Waals surface area contributed by atoms with Crippen LogP contribution >= 0.6 is 0 Å². The SMILES string of the molecule is CCCCN(CCCC)C(=O)C(=NOS(=O)(=O)c1ccc(C)cc1)c1ccccc1. The van der Waals surface area contributed by atoms with Crippen LogP contribution in [0.5, 0.6) is 0 Å². The smallest absolute Gasteiger partial charge is 0.337 e. The van der Waals surface area contributed by atoms with E-state index in [2.05, 4.69) is 19.0 Å². The van der Waals surface area contributed by atoms with Gasteiger partial charge in [-0.3, -0.25) is 9.08 Å². The number of carbonyl (C=O) groups excluding carboxylic acids is 1. The van der Waals surface area contributed by atoms with Crippen molar-refractivity contribution in [3.05, 3.63) is 65.7 Å². The van der Waals surface area contributed by atoms with Gasteiger partial charge in [0.1, 0.15) is 4.90 Å². The minimum Gasteiger partial charge on any atom is -0.337 e. The predicted octanol–water partition coefficient (Wildman–Crippen LogP) is 4.53. The lowest BCUT2D eigenvalue weighted by molar-refractivity contribution is -0.124. The maximum Gasteiger partial charge on any atom is 0.358 e. The van der Waals surface area contributed by atoms with Gasteiger partial charge >= 0.3 is 10.1 Å². The summed E-state index contributed by atoms with van der Waals surface area (Å²) in [5.74, 6) is -0.331. The zero-order valence-corrected chi connectivity index (χ0v) is 18.7. The van der Waals surface area contributed by atoms with Crippen molar-refractivity contribution < 1.29 is 17.5 Å². The van der Waals surface area contributed by atoms with Crippen molar-refractivity contribution in [3.8, 4) is 0 Å². The van der Waals surface area contributed by atoms with Gasteiger partial charge in [0.05, 0.1) is 0 Å². The second kappa shape index (κ2) is 11.5. The third-order valence-electron chi connectivity index (χ3n) is 4.64. The van der Waals surface area contributed by atoms with Gasteiger partial charge in [0.25, 0.3) is 5.91 Å². The van der Waals surface area contributed by atoms with Crippen molar-refractivity contribution in [3.63, 3.8) is 0 Å². The number of hydrogen-bond donors (Lipinski definition) is 0. The van der Waals surface area contributed by atoms with Crippen molar-refractivity contribution in [2.75, 3.05) is 13.1 Å². The van der Waals surface area contributed by atoms with Crippen molar-refractivity contribution in [1.82, 2.24) is 4.90 Å². The Hall–Kier alpha value is -2.67. The largest absolute Gasteiger partial charge is 0.358 e. The van der Waals surface area contributed by atoms with Crippen molar-refractivity contribution >= 4 is 21.7 Å². The van der Waals surface area contributed by atoms with Crippen molar-refractivity contribution in [2.45, 2.75) is 51.3 Å². The first-order valence-electron chi connectivity index (χ1n) is 10.3. The van der Waals surface area contributed by atoms with Crippen LogP contribution in [0.15, 0.2) is 64.6 Å². The highest BCUT2D eigenvalue weighted by Gasteiger charge is 2.24. The summed E-state index contributed by atoms with van der Waals surface area (Å²) in [6, 6.07) is 15.1. The Kier molecular flexibility index (Phi) is 9.05. The van der Waals surface area contributed by atoms with Gasteiger partial charge in [-0.05, 0) is 31.9 Å². The number of unbranched alkanes of at least 4 members (excludes halogenated alkanes) is 2. The molecule has 2 aromatic carbocycles. The van der Waals surface area contributed by atoms with Crippen LogP contribution in [0.1, 0.15) is 50.7 Å². The minimum atomic E-state index is -4.13. The van der Waals surface area contributed by atoms with E-state index >= 15 is 0 Å². The third-order valence-corrected chi connectivity index (χ3v) is 5.76.